The van der Waals surface area contributed by atoms with Crippen LogP contribution in [0.25, 0.3) is 0 Å². The maximum atomic E-state index is 12.2. The first-order valence-electron chi connectivity index (χ1n) is 8.63. The van der Waals surface area contributed by atoms with Crippen LogP contribution in [0.3, 0.4) is 0 Å². The Labute approximate surface area is 157 Å². The molecule has 0 aliphatic carbocycles. The normalized spacial score (nSPS) is 11.3. The van der Waals surface area contributed by atoms with E-state index in [1.165, 1.54) is 7.05 Å². The first-order valence-corrected chi connectivity index (χ1v) is 8.63. The van der Waals surface area contributed by atoms with Crippen molar-refractivity contribution in [2.75, 3.05) is 20.1 Å². The summed E-state index contributed by atoms with van der Waals surface area (Å²) in [5.74, 6) is -1.65. The molecular formula is C18H26N4O5. The van der Waals surface area contributed by atoms with E-state index in [1.807, 2.05) is 30.3 Å². The zero-order valence-corrected chi connectivity index (χ0v) is 15.3. The van der Waals surface area contributed by atoms with E-state index in [9.17, 15) is 19.2 Å². The molecule has 0 aromatic heterocycles. The second-order valence-corrected chi connectivity index (χ2v) is 6.12. The molecule has 0 heterocycles. The molecule has 27 heavy (non-hydrogen) atoms. The molecule has 9 heteroatoms. The van der Waals surface area contributed by atoms with Gasteiger partial charge in [-0.05, 0) is 18.4 Å². The Balaban J connectivity index is 2.45. The molecule has 0 saturated heterocycles. The van der Waals surface area contributed by atoms with E-state index >= 15 is 0 Å². The van der Waals surface area contributed by atoms with Crippen LogP contribution in [0.5, 0.6) is 0 Å². The minimum absolute atomic E-state index is 0.0563. The monoisotopic (exact) mass is 378 g/mol. The Morgan fingerprint density at radius 1 is 1.19 bits per heavy atom. The molecule has 0 saturated carbocycles. The lowest BCUT2D eigenvalue weighted by molar-refractivity contribution is -0.131. The van der Waals surface area contributed by atoms with Gasteiger partial charge >= 0.3 is 6.09 Å². The van der Waals surface area contributed by atoms with Crippen molar-refractivity contribution >= 4 is 23.8 Å². The zero-order valence-electron chi connectivity index (χ0n) is 15.3. The number of primary amides is 1. The highest BCUT2D eigenvalue weighted by molar-refractivity contribution is 5.91. The van der Waals surface area contributed by atoms with E-state index in [-0.39, 0.29) is 31.8 Å². The van der Waals surface area contributed by atoms with Crippen molar-refractivity contribution in [2.24, 2.45) is 5.73 Å². The zero-order chi connectivity index (χ0) is 20.2. The van der Waals surface area contributed by atoms with Crippen LogP contribution in [-0.2, 0) is 20.8 Å². The predicted molar refractivity (Wildman–Crippen MR) is 98.8 cm³/mol. The Kier molecular flexibility index (Phi) is 9.35. The van der Waals surface area contributed by atoms with Crippen molar-refractivity contribution in [3.8, 4) is 0 Å². The van der Waals surface area contributed by atoms with Gasteiger partial charge in [-0.15, -0.1) is 0 Å². The largest absolute Gasteiger partial charge is 0.465 e. The van der Waals surface area contributed by atoms with E-state index in [1.54, 1.807) is 0 Å². The van der Waals surface area contributed by atoms with E-state index in [2.05, 4.69) is 10.6 Å². The number of aryl methyl sites for hydroxylation is 1. The molecule has 1 aromatic carbocycles. The molecule has 4 amide bonds. The van der Waals surface area contributed by atoms with Crippen LogP contribution in [0.15, 0.2) is 30.3 Å². The summed E-state index contributed by atoms with van der Waals surface area (Å²) in [5.41, 5.74) is 6.25. The van der Waals surface area contributed by atoms with E-state index in [0.717, 1.165) is 16.9 Å². The van der Waals surface area contributed by atoms with Gasteiger partial charge in [0.2, 0.25) is 17.7 Å². The summed E-state index contributed by atoms with van der Waals surface area (Å²) in [6.07, 6.45) is 0.0845. The van der Waals surface area contributed by atoms with Crippen LogP contribution in [-0.4, -0.2) is 60.0 Å². The molecule has 0 spiro atoms. The SMILES string of the molecule is CN(CCNC(=O)C(CC(N)=O)NC(=O)CCCc1ccccc1)C(=O)O. The van der Waals surface area contributed by atoms with Crippen LogP contribution in [0, 0.1) is 0 Å². The third kappa shape index (κ3) is 9.24. The molecule has 1 aromatic rings. The standard InChI is InChI=1S/C18H26N4O5/c1-22(18(26)27)11-10-20-17(25)14(12-15(19)23)21-16(24)9-5-8-13-6-3-2-4-7-13/h2-4,6-7,14H,5,8-12H2,1H3,(H2,19,23)(H,20,25)(H,21,24)(H,26,27). The molecule has 0 aliphatic heterocycles. The minimum atomic E-state index is -1.12. The molecule has 1 atom stereocenters. The number of amides is 4. The maximum Gasteiger partial charge on any atom is 0.407 e. The van der Waals surface area contributed by atoms with Gasteiger partial charge in [0.15, 0.2) is 0 Å². The van der Waals surface area contributed by atoms with E-state index < -0.39 is 23.9 Å². The van der Waals surface area contributed by atoms with Crippen molar-refractivity contribution in [3.63, 3.8) is 0 Å². The Morgan fingerprint density at radius 3 is 2.44 bits per heavy atom. The van der Waals surface area contributed by atoms with Gasteiger partial charge in [-0.1, -0.05) is 30.3 Å². The molecule has 0 bridgehead atoms. The average Bonchev–Trinajstić information content (AvgIpc) is 2.61. The Bertz CT molecular complexity index is 650. The second kappa shape index (κ2) is 11.5. The lowest BCUT2D eigenvalue weighted by atomic mass is 10.1. The molecule has 0 radical (unpaired) electrons. The predicted octanol–water partition coefficient (Wildman–Crippen LogP) is 0.0955. The lowest BCUT2D eigenvalue weighted by Crippen LogP contribution is -2.49. The van der Waals surface area contributed by atoms with Gasteiger partial charge in [-0.25, -0.2) is 4.79 Å². The topological polar surface area (TPSA) is 142 Å². The quantitative estimate of drug-likeness (QED) is 0.432. The third-order valence-electron chi connectivity index (χ3n) is 3.84. The fraction of sp³-hybridized carbons (Fsp3) is 0.444. The van der Waals surface area contributed by atoms with Gasteiger partial charge in [0.1, 0.15) is 6.04 Å². The smallest absolute Gasteiger partial charge is 0.407 e. The van der Waals surface area contributed by atoms with Gasteiger partial charge < -0.3 is 26.4 Å². The molecule has 0 fully saturated rings. The summed E-state index contributed by atoms with van der Waals surface area (Å²) in [5, 5.41) is 13.8. The van der Waals surface area contributed by atoms with Gasteiger partial charge in [-0.2, -0.15) is 0 Å². The number of nitrogens with two attached hydrogens (primary N) is 1. The summed E-state index contributed by atoms with van der Waals surface area (Å²) < 4.78 is 0. The highest BCUT2D eigenvalue weighted by atomic mass is 16.4. The summed E-state index contributed by atoms with van der Waals surface area (Å²) in [6, 6.07) is 8.61. The number of nitrogens with zero attached hydrogens (tertiary/aromatic N) is 1. The maximum absolute atomic E-state index is 12.2. The summed E-state index contributed by atoms with van der Waals surface area (Å²) >= 11 is 0. The van der Waals surface area contributed by atoms with Crippen LogP contribution >= 0.6 is 0 Å². The fourth-order valence-electron chi connectivity index (χ4n) is 2.34. The molecule has 9 nitrogen and oxygen atoms in total. The van der Waals surface area contributed by atoms with Crippen molar-refractivity contribution < 1.29 is 24.3 Å². The number of carbonyl (C=O) groups is 4. The Morgan fingerprint density at radius 2 is 1.85 bits per heavy atom. The molecule has 1 rings (SSSR count). The van der Waals surface area contributed by atoms with Gasteiger partial charge in [-0.3, -0.25) is 14.4 Å². The van der Waals surface area contributed by atoms with Crippen LogP contribution in [0.4, 0.5) is 4.79 Å². The van der Waals surface area contributed by atoms with Crippen molar-refractivity contribution in [1.82, 2.24) is 15.5 Å². The highest BCUT2D eigenvalue weighted by Crippen LogP contribution is 2.05. The number of hydrogen-bond acceptors (Lipinski definition) is 4. The van der Waals surface area contributed by atoms with Crippen LogP contribution < -0.4 is 16.4 Å². The number of likely N-dealkylation sites (N-methyl/N-ethyl adjacent to an activating group) is 1. The summed E-state index contributed by atoms with van der Waals surface area (Å²) in [7, 11) is 1.36. The first-order chi connectivity index (χ1) is 12.8. The number of nitrogens with one attached hydrogen (secondary N) is 2. The van der Waals surface area contributed by atoms with Crippen molar-refractivity contribution in [3.05, 3.63) is 35.9 Å². The number of hydrogen-bond donors (Lipinski definition) is 4. The fourth-order valence-corrected chi connectivity index (χ4v) is 2.34. The van der Waals surface area contributed by atoms with Crippen LogP contribution in [0.2, 0.25) is 0 Å². The molecule has 5 N–H and O–H groups in total. The van der Waals surface area contributed by atoms with E-state index in [0.29, 0.717) is 6.42 Å². The highest BCUT2D eigenvalue weighted by Gasteiger charge is 2.22. The molecular weight excluding hydrogens is 352 g/mol. The summed E-state index contributed by atoms with van der Waals surface area (Å²) in [4.78, 5) is 47.1. The van der Waals surface area contributed by atoms with Gasteiger partial charge in [0.25, 0.3) is 0 Å². The molecule has 1 unspecified atom stereocenters. The van der Waals surface area contributed by atoms with E-state index in [4.69, 9.17) is 10.8 Å². The van der Waals surface area contributed by atoms with Crippen molar-refractivity contribution in [1.29, 1.82) is 0 Å². The lowest BCUT2D eigenvalue weighted by Gasteiger charge is -2.18. The molecule has 0 aliphatic rings. The number of carbonyl (C=O) groups excluding carboxylic acids is 3. The third-order valence-corrected chi connectivity index (χ3v) is 3.84. The minimum Gasteiger partial charge on any atom is -0.465 e. The molecule has 148 valence electrons. The van der Waals surface area contributed by atoms with Gasteiger partial charge in [0, 0.05) is 26.6 Å². The number of benzene rings is 1. The van der Waals surface area contributed by atoms with Gasteiger partial charge in [0.05, 0.1) is 6.42 Å². The summed E-state index contributed by atoms with van der Waals surface area (Å²) in [6.45, 7) is 0.135. The number of carboxylic acid groups (broad SMARTS) is 1. The van der Waals surface area contributed by atoms with Crippen molar-refractivity contribution in [2.45, 2.75) is 31.7 Å². The Hall–Kier alpha value is -3.10. The van der Waals surface area contributed by atoms with Crippen LogP contribution in [0.1, 0.15) is 24.8 Å². The number of rotatable bonds is 11. The second-order valence-electron chi connectivity index (χ2n) is 6.12. The average molecular weight is 378 g/mol. The first kappa shape index (κ1) is 21.9.